The maximum absolute atomic E-state index is 2.30. The summed E-state index contributed by atoms with van der Waals surface area (Å²) in [7, 11) is 2.16. The molecule has 0 unspecified atom stereocenters. The van der Waals surface area contributed by atoms with Gasteiger partial charge in [-0.15, -0.1) is 0 Å². The van der Waals surface area contributed by atoms with Crippen molar-refractivity contribution in [2.75, 3.05) is 0 Å². The molecule has 1 aliphatic rings. The molecule has 3 heteroatoms. The number of benzene rings is 3. The highest BCUT2D eigenvalue weighted by molar-refractivity contribution is 8.05. The summed E-state index contributed by atoms with van der Waals surface area (Å²) in [6.07, 6.45) is 0. The van der Waals surface area contributed by atoms with Crippen LogP contribution < -0.4 is 0 Å². The van der Waals surface area contributed by atoms with Crippen LogP contribution >= 0.6 is 23.5 Å². The van der Waals surface area contributed by atoms with E-state index >= 15 is 0 Å². The summed E-state index contributed by atoms with van der Waals surface area (Å²) in [5, 5.41) is 2.74. The van der Waals surface area contributed by atoms with Crippen LogP contribution in [-0.2, 0) is 7.05 Å². The summed E-state index contributed by atoms with van der Waals surface area (Å²) in [6, 6.07) is 21.9. The molecule has 5 rings (SSSR count). The maximum Gasteiger partial charge on any atom is 0.0501 e. The average molecular weight is 319 g/mol. The largest absolute Gasteiger partial charge is 0.344 e. The van der Waals surface area contributed by atoms with Crippen LogP contribution in [-0.4, -0.2) is 4.57 Å². The minimum atomic E-state index is 1.30. The van der Waals surface area contributed by atoms with Gasteiger partial charge in [0, 0.05) is 42.9 Å². The second kappa shape index (κ2) is 4.58. The number of hydrogen-bond donors (Lipinski definition) is 0. The molecule has 0 bridgehead atoms. The lowest BCUT2D eigenvalue weighted by Gasteiger charge is -2.19. The molecule has 106 valence electrons. The standard InChI is InChI=1S/C19H13NS2/c1-20-13-7-3-2-6-12(13)18-14(20)10-11-17-19(18)22-16-9-5-4-8-15(16)21-17/h2-11H,1H3. The Hall–Kier alpha value is -1.84. The van der Waals surface area contributed by atoms with E-state index in [1.807, 2.05) is 23.5 Å². The summed E-state index contributed by atoms with van der Waals surface area (Å²) in [5.74, 6) is 0. The fourth-order valence-corrected chi connectivity index (χ4v) is 5.63. The lowest BCUT2D eigenvalue weighted by Crippen LogP contribution is -1.91. The SMILES string of the molecule is Cn1c2ccccc2c2c3c(ccc21)Sc1ccccc1S3. The summed E-state index contributed by atoms with van der Waals surface area (Å²) in [4.78, 5) is 5.49. The van der Waals surface area contributed by atoms with Gasteiger partial charge in [0.15, 0.2) is 0 Å². The van der Waals surface area contributed by atoms with Crippen LogP contribution in [0.3, 0.4) is 0 Å². The van der Waals surface area contributed by atoms with Crippen molar-refractivity contribution in [3.8, 4) is 0 Å². The number of aryl methyl sites for hydroxylation is 1. The number of para-hydroxylation sites is 1. The lowest BCUT2D eigenvalue weighted by molar-refractivity contribution is 1.01. The number of fused-ring (bicyclic) bond motifs is 6. The van der Waals surface area contributed by atoms with E-state index in [0.717, 1.165) is 0 Å². The number of rotatable bonds is 0. The first kappa shape index (κ1) is 12.7. The molecule has 0 saturated heterocycles. The number of aromatic nitrogens is 1. The van der Waals surface area contributed by atoms with Crippen molar-refractivity contribution in [1.29, 1.82) is 0 Å². The van der Waals surface area contributed by atoms with E-state index in [9.17, 15) is 0 Å². The third kappa shape index (κ3) is 1.64. The minimum absolute atomic E-state index is 1.30. The Kier molecular flexibility index (Phi) is 2.64. The van der Waals surface area contributed by atoms with Crippen molar-refractivity contribution in [2.24, 2.45) is 7.05 Å². The van der Waals surface area contributed by atoms with Gasteiger partial charge in [0.05, 0.1) is 5.52 Å². The molecule has 0 atom stereocenters. The molecule has 3 aromatic carbocycles. The van der Waals surface area contributed by atoms with Gasteiger partial charge in [-0.05, 0) is 30.3 Å². The van der Waals surface area contributed by atoms with Crippen LogP contribution in [0.5, 0.6) is 0 Å². The topological polar surface area (TPSA) is 4.93 Å². The molecule has 0 saturated carbocycles. The Balaban J connectivity index is 1.89. The van der Waals surface area contributed by atoms with Crippen molar-refractivity contribution < 1.29 is 0 Å². The van der Waals surface area contributed by atoms with Gasteiger partial charge in [-0.1, -0.05) is 53.9 Å². The second-order valence-electron chi connectivity index (χ2n) is 5.51. The first-order valence-corrected chi connectivity index (χ1v) is 8.91. The molecule has 0 amide bonds. The molecule has 0 aliphatic carbocycles. The van der Waals surface area contributed by atoms with Gasteiger partial charge in [0.2, 0.25) is 0 Å². The molecule has 1 aromatic heterocycles. The molecule has 22 heavy (non-hydrogen) atoms. The van der Waals surface area contributed by atoms with E-state index in [0.29, 0.717) is 0 Å². The van der Waals surface area contributed by atoms with Gasteiger partial charge in [0.25, 0.3) is 0 Å². The molecular weight excluding hydrogens is 306 g/mol. The molecule has 0 fully saturated rings. The van der Waals surface area contributed by atoms with E-state index < -0.39 is 0 Å². The highest BCUT2D eigenvalue weighted by Crippen LogP contribution is 2.52. The first-order chi connectivity index (χ1) is 10.8. The van der Waals surface area contributed by atoms with Gasteiger partial charge < -0.3 is 4.57 Å². The Morgan fingerprint density at radius 3 is 2.27 bits per heavy atom. The Morgan fingerprint density at radius 1 is 0.682 bits per heavy atom. The zero-order chi connectivity index (χ0) is 14.7. The monoisotopic (exact) mass is 319 g/mol. The van der Waals surface area contributed by atoms with Crippen molar-refractivity contribution in [1.82, 2.24) is 4.57 Å². The van der Waals surface area contributed by atoms with Crippen LogP contribution in [0.15, 0.2) is 80.2 Å². The number of hydrogen-bond acceptors (Lipinski definition) is 2. The van der Waals surface area contributed by atoms with E-state index in [1.165, 1.54) is 41.4 Å². The molecule has 1 nitrogen and oxygen atoms in total. The molecule has 0 N–H and O–H groups in total. The number of nitrogens with zero attached hydrogens (tertiary/aromatic N) is 1. The fourth-order valence-electron chi connectivity index (χ4n) is 3.23. The quantitative estimate of drug-likeness (QED) is 0.347. The van der Waals surface area contributed by atoms with Gasteiger partial charge >= 0.3 is 0 Å². The molecule has 0 spiro atoms. The Bertz CT molecular complexity index is 1050. The van der Waals surface area contributed by atoms with Gasteiger partial charge in [-0.3, -0.25) is 0 Å². The van der Waals surface area contributed by atoms with Gasteiger partial charge in [-0.25, -0.2) is 0 Å². The van der Waals surface area contributed by atoms with Gasteiger partial charge in [-0.2, -0.15) is 0 Å². The third-order valence-electron chi connectivity index (χ3n) is 4.28. The summed E-state index contributed by atoms with van der Waals surface area (Å²) >= 11 is 3.79. The van der Waals surface area contributed by atoms with E-state index in [4.69, 9.17) is 0 Å². The Morgan fingerprint density at radius 2 is 1.41 bits per heavy atom. The summed E-state index contributed by atoms with van der Waals surface area (Å²) < 4.78 is 2.30. The third-order valence-corrected chi connectivity index (χ3v) is 6.88. The zero-order valence-corrected chi connectivity index (χ0v) is 13.7. The van der Waals surface area contributed by atoms with Gasteiger partial charge in [0.1, 0.15) is 0 Å². The van der Waals surface area contributed by atoms with E-state index in [2.05, 4.69) is 72.3 Å². The van der Waals surface area contributed by atoms with Crippen LogP contribution in [0, 0.1) is 0 Å². The Labute approximate surface area is 137 Å². The van der Waals surface area contributed by atoms with Crippen molar-refractivity contribution in [3.05, 3.63) is 60.7 Å². The average Bonchev–Trinajstić information content (AvgIpc) is 2.87. The van der Waals surface area contributed by atoms with Crippen LogP contribution in [0.1, 0.15) is 0 Å². The van der Waals surface area contributed by atoms with E-state index in [1.54, 1.807) is 0 Å². The first-order valence-electron chi connectivity index (χ1n) is 7.28. The highest BCUT2D eigenvalue weighted by atomic mass is 32.2. The highest BCUT2D eigenvalue weighted by Gasteiger charge is 2.21. The molecule has 2 heterocycles. The fraction of sp³-hybridized carbons (Fsp3) is 0.0526. The van der Waals surface area contributed by atoms with Crippen molar-refractivity contribution in [3.63, 3.8) is 0 Å². The molecular formula is C19H13NS2. The van der Waals surface area contributed by atoms with E-state index in [-0.39, 0.29) is 0 Å². The zero-order valence-electron chi connectivity index (χ0n) is 12.0. The predicted octanol–water partition coefficient (Wildman–Crippen LogP) is 5.95. The molecule has 1 aliphatic heterocycles. The smallest absolute Gasteiger partial charge is 0.0501 e. The molecule has 0 radical (unpaired) electrons. The summed E-state index contributed by atoms with van der Waals surface area (Å²) in [6.45, 7) is 0. The predicted molar refractivity (Wildman–Crippen MR) is 95.1 cm³/mol. The van der Waals surface area contributed by atoms with Crippen LogP contribution in [0.4, 0.5) is 0 Å². The molecule has 4 aromatic rings. The summed E-state index contributed by atoms with van der Waals surface area (Å²) in [5.41, 5.74) is 2.61. The van der Waals surface area contributed by atoms with Crippen molar-refractivity contribution >= 4 is 45.3 Å². The normalized spacial score (nSPS) is 13.3. The minimum Gasteiger partial charge on any atom is -0.344 e. The lowest BCUT2D eigenvalue weighted by atomic mass is 10.1. The van der Waals surface area contributed by atoms with Crippen molar-refractivity contribution in [2.45, 2.75) is 19.6 Å². The second-order valence-corrected chi connectivity index (χ2v) is 7.65. The van der Waals surface area contributed by atoms with Crippen LogP contribution in [0.2, 0.25) is 0 Å². The maximum atomic E-state index is 2.30. The van der Waals surface area contributed by atoms with Crippen LogP contribution in [0.25, 0.3) is 21.8 Å².